The summed E-state index contributed by atoms with van der Waals surface area (Å²) in [7, 11) is 0. The number of nitrogen functional groups attached to an aromatic ring is 2. The van der Waals surface area contributed by atoms with Crippen LogP contribution >= 0.6 is 0 Å². The molecule has 4 aromatic rings. The molecule has 0 amide bonds. The zero-order valence-electron chi connectivity index (χ0n) is 34.9. The van der Waals surface area contributed by atoms with Gasteiger partial charge in [0, 0.05) is 28.9 Å². The Morgan fingerprint density at radius 2 is 0.945 bits per heavy atom. The van der Waals surface area contributed by atoms with Crippen molar-refractivity contribution >= 4 is 11.4 Å². The van der Waals surface area contributed by atoms with Crippen LogP contribution in [-0.2, 0) is 5.41 Å². The largest absolute Gasteiger partial charge is 0.457 e. The first-order valence-electron chi connectivity index (χ1n) is 22.0. The molecule has 55 heavy (non-hydrogen) atoms. The van der Waals surface area contributed by atoms with Crippen molar-refractivity contribution in [3.63, 3.8) is 0 Å². The summed E-state index contributed by atoms with van der Waals surface area (Å²) >= 11 is 0. The summed E-state index contributed by atoms with van der Waals surface area (Å²) in [6.07, 6.45) is 25.0. The normalized spacial score (nSPS) is 18.6. The fraction of sp³-hybridized carbons (Fsp3) is 0.529. The molecule has 4 heteroatoms. The van der Waals surface area contributed by atoms with Crippen molar-refractivity contribution in [1.82, 2.24) is 0 Å². The quantitative estimate of drug-likeness (QED) is 0.0835. The van der Waals surface area contributed by atoms with E-state index in [0.29, 0.717) is 11.4 Å². The lowest BCUT2D eigenvalue weighted by atomic mass is 9.59. The predicted octanol–water partition coefficient (Wildman–Crippen LogP) is 14.9. The molecular formula is C51H70N2O2. The number of unbranched alkanes of at least 4 members (excludes halogenated alkanes) is 8. The number of aryl methyl sites for hydroxylation is 4. The van der Waals surface area contributed by atoms with Crippen LogP contribution in [0.2, 0.25) is 0 Å². The molecule has 0 atom stereocenters. The van der Waals surface area contributed by atoms with Gasteiger partial charge < -0.3 is 20.9 Å². The molecule has 0 bridgehead atoms. The maximum absolute atomic E-state index is 6.48. The standard InChI is InChI=1S/C51H70N2O2/c1-6-7-8-9-10-11-12-13-14-17-40-22-24-41(25-23-40)42-26-28-51(29-27-42,43-30-36(2)49(37(3)31-43)54-47-20-15-18-45(52)34-47)44-32-38(4)50(39(5)33-44)55-48-21-16-19-46(53)35-48/h15-16,18-21,30-35,40-42H,6-14,17,22-29,52-53H2,1-5H3/t40-,41-. The first-order valence-corrected chi connectivity index (χ1v) is 22.0. The second-order valence-electron chi connectivity index (χ2n) is 17.5. The van der Waals surface area contributed by atoms with Crippen LogP contribution in [0.5, 0.6) is 23.0 Å². The third-order valence-electron chi connectivity index (χ3n) is 13.3. The molecule has 0 heterocycles. The van der Waals surface area contributed by atoms with Gasteiger partial charge in [-0.2, -0.15) is 0 Å². The van der Waals surface area contributed by atoms with E-state index in [1.54, 1.807) is 0 Å². The molecule has 2 aliphatic rings. The fourth-order valence-electron chi connectivity index (χ4n) is 10.2. The van der Waals surface area contributed by atoms with E-state index < -0.39 is 0 Å². The summed E-state index contributed by atoms with van der Waals surface area (Å²) < 4.78 is 13.0. The molecule has 6 rings (SSSR count). The van der Waals surface area contributed by atoms with Crippen molar-refractivity contribution in [2.45, 2.75) is 156 Å². The first-order chi connectivity index (χ1) is 26.6. The maximum Gasteiger partial charge on any atom is 0.133 e. The number of hydrogen-bond donors (Lipinski definition) is 2. The van der Waals surface area contributed by atoms with Gasteiger partial charge in [-0.25, -0.2) is 0 Å². The van der Waals surface area contributed by atoms with Gasteiger partial charge in [-0.15, -0.1) is 0 Å². The zero-order valence-corrected chi connectivity index (χ0v) is 34.9. The highest BCUT2D eigenvalue weighted by Crippen LogP contribution is 2.52. The molecule has 4 aromatic carbocycles. The van der Waals surface area contributed by atoms with Gasteiger partial charge in [-0.3, -0.25) is 0 Å². The zero-order chi connectivity index (χ0) is 38.8. The summed E-state index contributed by atoms with van der Waals surface area (Å²) in [4.78, 5) is 0. The number of nitrogens with two attached hydrogens (primary N) is 2. The lowest BCUT2D eigenvalue weighted by molar-refractivity contribution is 0.140. The van der Waals surface area contributed by atoms with Crippen LogP contribution < -0.4 is 20.9 Å². The highest BCUT2D eigenvalue weighted by atomic mass is 16.5. The molecule has 0 spiro atoms. The number of anilines is 2. The Balaban J connectivity index is 1.16. The summed E-state index contributed by atoms with van der Waals surface area (Å²) in [6.45, 7) is 11.1. The Labute approximate surface area is 333 Å². The van der Waals surface area contributed by atoms with Crippen LogP contribution in [0.25, 0.3) is 0 Å². The van der Waals surface area contributed by atoms with Crippen LogP contribution in [0.1, 0.15) is 156 Å². The molecule has 0 unspecified atom stereocenters. The predicted molar refractivity (Wildman–Crippen MR) is 234 cm³/mol. The second-order valence-corrected chi connectivity index (χ2v) is 17.5. The van der Waals surface area contributed by atoms with Crippen LogP contribution in [0, 0.1) is 45.4 Å². The molecule has 4 nitrogen and oxygen atoms in total. The third kappa shape index (κ3) is 10.5. The van der Waals surface area contributed by atoms with Crippen LogP contribution in [0.4, 0.5) is 11.4 Å². The van der Waals surface area contributed by atoms with E-state index in [1.807, 2.05) is 48.5 Å². The van der Waals surface area contributed by atoms with Crippen molar-refractivity contribution in [2.24, 2.45) is 17.8 Å². The minimum Gasteiger partial charge on any atom is -0.457 e. The van der Waals surface area contributed by atoms with Gasteiger partial charge in [0.2, 0.25) is 0 Å². The number of benzene rings is 4. The lowest BCUT2D eigenvalue weighted by Crippen LogP contribution is -2.36. The Morgan fingerprint density at radius 1 is 0.527 bits per heavy atom. The van der Waals surface area contributed by atoms with E-state index in [4.69, 9.17) is 20.9 Å². The van der Waals surface area contributed by atoms with E-state index in [-0.39, 0.29) is 5.41 Å². The molecule has 4 N–H and O–H groups in total. The molecule has 296 valence electrons. The molecule has 2 aliphatic carbocycles. The number of hydrogen-bond acceptors (Lipinski definition) is 4. The Hall–Kier alpha value is -3.92. The number of ether oxygens (including phenoxy) is 2. The van der Waals surface area contributed by atoms with E-state index >= 15 is 0 Å². The van der Waals surface area contributed by atoms with Crippen LogP contribution in [-0.4, -0.2) is 0 Å². The van der Waals surface area contributed by atoms with Gasteiger partial charge in [0.25, 0.3) is 0 Å². The summed E-state index contributed by atoms with van der Waals surface area (Å²) in [5, 5.41) is 0. The monoisotopic (exact) mass is 743 g/mol. The SMILES string of the molecule is CCCCCCCCCCC[C@H]1CC[C@H](C2CCC(c3cc(C)c(Oc4cccc(N)c4)c(C)c3)(c3cc(C)c(Oc4cccc(N)c4)c(C)c3)CC2)CC1. The van der Waals surface area contributed by atoms with Crippen molar-refractivity contribution in [2.75, 3.05) is 11.5 Å². The average molecular weight is 743 g/mol. The van der Waals surface area contributed by atoms with E-state index in [2.05, 4.69) is 58.9 Å². The van der Waals surface area contributed by atoms with Gasteiger partial charge >= 0.3 is 0 Å². The smallest absolute Gasteiger partial charge is 0.133 e. The molecule has 2 fully saturated rings. The topological polar surface area (TPSA) is 70.5 Å². The van der Waals surface area contributed by atoms with Crippen molar-refractivity contribution in [1.29, 1.82) is 0 Å². The highest BCUT2D eigenvalue weighted by Gasteiger charge is 2.42. The van der Waals surface area contributed by atoms with E-state index in [0.717, 1.165) is 40.8 Å². The van der Waals surface area contributed by atoms with E-state index in [9.17, 15) is 0 Å². The van der Waals surface area contributed by atoms with Crippen molar-refractivity contribution in [3.8, 4) is 23.0 Å². The van der Waals surface area contributed by atoms with Gasteiger partial charge in [-0.1, -0.05) is 120 Å². The van der Waals surface area contributed by atoms with Gasteiger partial charge in [0.05, 0.1) is 0 Å². The summed E-state index contributed by atoms with van der Waals surface area (Å²) in [5.74, 6) is 6.07. The summed E-state index contributed by atoms with van der Waals surface area (Å²) in [6, 6.07) is 25.1. The highest BCUT2D eigenvalue weighted by molar-refractivity contribution is 5.55. The van der Waals surface area contributed by atoms with Crippen molar-refractivity contribution < 1.29 is 9.47 Å². The van der Waals surface area contributed by atoms with Gasteiger partial charge in [0.15, 0.2) is 0 Å². The number of rotatable bonds is 17. The van der Waals surface area contributed by atoms with Gasteiger partial charge in [0.1, 0.15) is 23.0 Å². The van der Waals surface area contributed by atoms with Crippen molar-refractivity contribution in [3.05, 3.63) is 106 Å². The fourth-order valence-corrected chi connectivity index (χ4v) is 10.2. The molecule has 0 radical (unpaired) electrons. The third-order valence-corrected chi connectivity index (χ3v) is 13.3. The average Bonchev–Trinajstić information content (AvgIpc) is 3.17. The molecule has 0 saturated heterocycles. The maximum atomic E-state index is 6.48. The molecule has 2 saturated carbocycles. The molecule has 0 aliphatic heterocycles. The Bertz CT molecular complexity index is 1680. The van der Waals surface area contributed by atoms with Crippen LogP contribution in [0.15, 0.2) is 72.8 Å². The minimum atomic E-state index is -0.0693. The Morgan fingerprint density at radius 3 is 1.38 bits per heavy atom. The molecular weight excluding hydrogens is 673 g/mol. The van der Waals surface area contributed by atoms with Crippen LogP contribution in [0.3, 0.4) is 0 Å². The Kier molecular flexibility index (Phi) is 14.3. The van der Waals surface area contributed by atoms with E-state index in [1.165, 1.54) is 149 Å². The molecule has 0 aromatic heterocycles. The van der Waals surface area contributed by atoms with Gasteiger partial charge in [-0.05, 0) is 142 Å². The summed E-state index contributed by atoms with van der Waals surface area (Å²) in [5.41, 5.74) is 21.0. The second kappa shape index (κ2) is 19.3. The lowest BCUT2D eigenvalue weighted by Gasteiger charge is -2.45. The minimum absolute atomic E-state index is 0.0693. The first kappa shape index (κ1) is 40.7.